The Bertz CT molecular complexity index is 849. The minimum absolute atomic E-state index is 0.00608. The van der Waals surface area contributed by atoms with Crippen molar-refractivity contribution in [3.63, 3.8) is 0 Å². The number of anilines is 2. The van der Waals surface area contributed by atoms with E-state index in [1.165, 1.54) is 12.8 Å². The predicted octanol–water partition coefficient (Wildman–Crippen LogP) is 4.84. The number of rotatable bonds is 6. The van der Waals surface area contributed by atoms with Gasteiger partial charge in [-0.1, -0.05) is 60.7 Å². The van der Waals surface area contributed by atoms with Crippen LogP contribution < -0.4 is 10.2 Å². The highest BCUT2D eigenvalue weighted by atomic mass is 16.1. The molecule has 0 bridgehead atoms. The second-order valence-electron chi connectivity index (χ2n) is 7.23. The van der Waals surface area contributed by atoms with Crippen molar-refractivity contribution in [1.82, 2.24) is 4.98 Å². The first kappa shape index (κ1) is 18.2. The van der Waals surface area contributed by atoms with E-state index in [2.05, 4.69) is 39.5 Å². The molecule has 1 N–H and O–H groups in total. The van der Waals surface area contributed by atoms with Crippen LogP contribution >= 0.6 is 0 Å². The molecule has 1 saturated heterocycles. The van der Waals surface area contributed by atoms with Crippen LogP contribution in [-0.2, 0) is 4.79 Å². The van der Waals surface area contributed by atoms with Gasteiger partial charge in [-0.25, -0.2) is 4.98 Å². The summed E-state index contributed by atoms with van der Waals surface area (Å²) in [5, 5.41) is 3.01. The maximum Gasteiger partial charge on any atom is 0.225 e. The number of carbonyl (C=O) groups is 1. The van der Waals surface area contributed by atoms with E-state index in [0.29, 0.717) is 6.42 Å². The van der Waals surface area contributed by atoms with E-state index in [1.807, 2.05) is 48.5 Å². The highest BCUT2D eigenvalue weighted by Gasteiger charge is 2.18. The summed E-state index contributed by atoms with van der Waals surface area (Å²) in [4.78, 5) is 19.6. The van der Waals surface area contributed by atoms with Crippen LogP contribution in [0.15, 0.2) is 79.0 Å². The molecular formula is C24H25N3O. The summed E-state index contributed by atoms with van der Waals surface area (Å²) in [5.74, 6) is 1.01. The summed E-state index contributed by atoms with van der Waals surface area (Å²) in [6, 6.07) is 24.3. The van der Waals surface area contributed by atoms with Gasteiger partial charge in [-0.05, 0) is 36.1 Å². The molecule has 1 fully saturated rings. The molecule has 142 valence electrons. The number of nitrogens with zero attached hydrogens (tertiary/aromatic N) is 2. The Labute approximate surface area is 166 Å². The third-order valence-electron chi connectivity index (χ3n) is 5.26. The van der Waals surface area contributed by atoms with Crippen LogP contribution in [0.25, 0.3) is 0 Å². The molecule has 1 aliphatic rings. The molecule has 0 saturated carbocycles. The van der Waals surface area contributed by atoms with Crippen LogP contribution in [0.5, 0.6) is 0 Å². The van der Waals surface area contributed by atoms with E-state index in [-0.39, 0.29) is 11.8 Å². The smallest absolute Gasteiger partial charge is 0.225 e. The third kappa shape index (κ3) is 4.39. The van der Waals surface area contributed by atoms with Crippen molar-refractivity contribution in [3.8, 4) is 0 Å². The normalized spacial score (nSPS) is 13.7. The molecule has 0 unspecified atom stereocenters. The Morgan fingerprint density at radius 3 is 2.04 bits per heavy atom. The number of carbonyl (C=O) groups excluding carboxylic acids is 1. The molecule has 0 atom stereocenters. The van der Waals surface area contributed by atoms with E-state index in [4.69, 9.17) is 0 Å². The quantitative estimate of drug-likeness (QED) is 0.674. The summed E-state index contributed by atoms with van der Waals surface area (Å²) < 4.78 is 0. The van der Waals surface area contributed by atoms with Gasteiger partial charge in [0.05, 0.1) is 11.9 Å². The van der Waals surface area contributed by atoms with Crippen LogP contribution in [0.3, 0.4) is 0 Å². The summed E-state index contributed by atoms with van der Waals surface area (Å²) in [5.41, 5.74) is 3.03. The van der Waals surface area contributed by atoms with Gasteiger partial charge >= 0.3 is 0 Å². The molecular weight excluding hydrogens is 346 g/mol. The van der Waals surface area contributed by atoms with Gasteiger partial charge in [0.2, 0.25) is 5.91 Å². The first-order valence-electron chi connectivity index (χ1n) is 9.90. The number of amides is 1. The summed E-state index contributed by atoms with van der Waals surface area (Å²) in [6.07, 6.45) is 4.59. The number of nitrogens with one attached hydrogen (secondary N) is 1. The lowest BCUT2D eigenvalue weighted by Gasteiger charge is -2.18. The molecule has 3 aromatic rings. The number of pyridine rings is 1. The van der Waals surface area contributed by atoms with E-state index < -0.39 is 0 Å². The third-order valence-corrected chi connectivity index (χ3v) is 5.26. The van der Waals surface area contributed by atoms with Crippen LogP contribution in [0.2, 0.25) is 0 Å². The van der Waals surface area contributed by atoms with E-state index in [0.717, 1.165) is 35.7 Å². The van der Waals surface area contributed by atoms with Crippen molar-refractivity contribution in [2.75, 3.05) is 23.3 Å². The molecule has 4 heteroatoms. The Morgan fingerprint density at radius 1 is 0.893 bits per heavy atom. The maximum absolute atomic E-state index is 12.8. The number of aromatic nitrogens is 1. The highest BCUT2D eigenvalue weighted by molar-refractivity contribution is 5.91. The molecule has 1 aliphatic heterocycles. The molecule has 4 nitrogen and oxygen atoms in total. The van der Waals surface area contributed by atoms with Gasteiger partial charge in [0.1, 0.15) is 5.82 Å². The van der Waals surface area contributed by atoms with Crippen LogP contribution in [-0.4, -0.2) is 24.0 Å². The lowest BCUT2D eigenvalue weighted by molar-refractivity contribution is -0.116. The SMILES string of the molecule is O=C(CC(c1ccccc1)c1ccccc1)Nc1ccc(N2CCCC2)nc1. The second kappa shape index (κ2) is 8.70. The summed E-state index contributed by atoms with van der Waals surface area (Å²) in [6.45, 7) is 2.13. The van der Waals surface area contributed by atoms with Crippen molar-refractivity contribution in [3.05, 3.63) is 90.1 Å². The van der Waals surface area contributed by atoms with Crippen molar-refractivity contribution in [2.24, 2.45) is 0 Å². The minimum Gasteiger partial charge on any atom is -0.357 e. The average molecular weight is 371 g/mol. The number of hydrogen-bond acceptors (Lipinski definition) is 3. The fourth-order valence-electron chi connectivity index (χ4n) is 3.79. The van der Waals surface area contributed by atoms with Crippen molar-refractivity contribution in [1.29, 1.82) is 0 Å². The summed E-state index contributed by atoms with van der Waals surface area (Å²) >= 11 is 0. The lowest BCUT2D eigenvalue weighted by atomic mass is 9.88. The van der Waals surface area contributed by atoms with Gasteiger partial charge < -0.3 is 10.2 Å². The first-order chi connectivity index (χ1) is 13.8. The molecule has 4 rings (SSSR count). The van der Waals surface area contributed by atoms with Crippen molar-refractivity contribution < 1.29 is 4.79 Å². The average Bonchev–Trinajstić information content (AvgIpc) is 3.29. The topological polar surface area (TPSA) is 45.2 Å². The minimum atomic E-state index is -0.00608. The molecule has 1 aromatic heterocycles. The zero-order valence-corrected chi connectivity index (χ0v) is 15.9. The largest absolute Gasteiger partial charge is 0.357 e. The van der Waals surface area contributed by atoms with Gasteiger partial charge in [0.15, 0.2) is 0 Å². The van der Waals surface area contributed by atoms with Gasteiger partial charge in [-0.15, -0.1) is 0 Å². The number of benzene rings is 2. The van der Waals surface area contributed by atoms with Gasteiger partial charge in [0.25, 0.3) is 0 Å². The summed E-state index contributed by atoms with van der Waals surface area (Å²) in [7, 11) is 0. The second-order valence-corrected chi connectivity index (χ2v) is 7.23. The zero-order chi connectivity index (χ0) is 19.2. The van der Waals surface area contributed by atoms with Crippen LogP contribution in [0.1, 0.15) is 36.3 Å². The molecule has 2 heterocycles. The molecule has 2 aromatic carbocycles. The van der Waals surface area contributed by atoms with Crippen molar-refractivity contribution >= 4 is 17.4 Å². The van der Waals surface area contributed by atoms with Gasteiger partial charge in [-0.3, -0.25) is 4.79 Å². The van der Waals surface area contributed by atoms with Crippen molar-refractivity contribution in [2.45, 2.75) is 25.2 Å². The highest BCUT2D eigenvalue weighted by Crippen LogP contribution is 2.28. The van der Waals surface area contributed by atoms with E-state index in [1.54, 1.807) is 6.20 Å². The molecule has 0 radical (unpaired) electrons. The van der Waals surface area contributed by atoms with E-state index >= 15 is 0 Å². The van der Waals surface area contributed by atoms with Crippen LogP contribution in [0, 0.1) is 0 Å². The molecule has 28 heavy (non-hydrogen) atoms. The molecule has 0 spiro atoms. The number of hydrogen-bond donors (Lipinski definition) is 1. The first-order valence-corrected chi connectivity index (χ1v) is 9.90. The fraction of sp³-hybridized carbons (Fsp3) is 0.250. The Hall–Kier alpha value is -3.14. The lowest BCUT2D eigenvalue weighted by Crippen LogP contribution is -2.19. The monoisotopic (exact) mass is 371 g/mol. The Morgan fingerprint density at radius 2 is 1.50 bits per heavy atom. The molecule has 0 aliphatic carbocycles. The Balaban J connectivity index is 1.46. The standard InChI is InChI=1S/C24H25N3O/c28-24(26-21-13-14-23(25-18-21)27-15-7-8-16-27)17-22(19-9-3-1-4-10-19)20-11-5-2-6-12-20/h1-6,9-14,18,22H,7-8,15-17H2,(H,26,28). The predicted molar refractivity (Wildman–Crippen MR) is 114 cm³/mol. The maximum atomic E-state index is 12.8. The fourth-order valence-corrected chi connectivity index (χ4v) is 3.79. The van der Waals surface area contributed by atoms with Gasteiger partial charge in [0, 0.05) is 25.4 Å². The van der Waals surface area contributed by atoms with Gasteiger partial charge in [-0.2, -0.15) is 0 Å². The van der Waals surface area contributed by atoms with E-state index in [9.17, 15) is 4.79 Å². The molecule has 1 amide bonds. The zero-order valence-electron chi connectivity index (χ0n) is 15.9. The van der Waals surface area contributed by atoms with Crippen LogP contribution in [0.4, 0.5) is 11.5 Å². The Kier molecular flexibility index (Phi) is 5.66.